The first-order chi connectivity index (χ1) is 15.1. The van der Waals surface area contributed by atoms with Crippen LogP contribution in [-0.4, -0.2) is 18.9 Å². The molecule has 1 aliphatic heterocycles. The molecule has 0 aromatic heterocycles. The normalized spacial score (nSPS) is 14.6. The van der Waals surface area contributed by atoms with Crippen molar-refractivity contribution in [3.63, 3.8) is 0 Å². The number of carbonyl (C=O) groups excluding carboxylic acids is 2. The number of carbonyl (C=O) groups is 2. The zero-order valence-electron chi connectivity index (χ0n) is 16.7. The number of anilines is 1. The monoisotopic (exact) mass is 418 g/mol. The van der Waals surface area contributed by atoms with Crippen LogP contribution in [0.25, 0.3) is 6.08 Å². The third-order valence-corrected chi connectivity index (χ3v) is 4.75. The first-order valence-electron chi connectivity index (χ1n) is 9.53. The van der Waals surface area contributed by atoms with Gasteiger partial charge in [-0.05, 0) is 42.0 Å². The molecule has 2 amide bonds. The first kappa shape index (κ1) is 20.2. The average molecular weight is 418 g/mol. The molecule has 3 aromatic carbocycles. The van der Waals surface area contributed by atoms with Gasteiger partial charge in [-0.25, -0.2) is 9.40 Å². The van der Waals surface area contributed by atoms with Crippen molar-refractivity contribution in [2.45, 2.75) is 6.61 Å². The Kier molecular flexibility index (Phi) is 5.66. The van der Waals surface area contributed by atoms with Gasteiger partial charge in [0.2, 0.25) is 0 Å². The highest BCUT2D eigenvalue weighted by atomic mass is 19.1. The minimum atomic E-state index is -0.501. The maximum atomic E-state index is 13.9. The van der Waals surface area contributed by atoms with E-state index < -0.39 is 11.8 Å². The van der Waals surface area contributed by atoms with Gasteiger partial charge in [-0.1, -0.05) is 42.5 Å². The van der Waals surface area contributed by atoms with Gasteiger partial charge in [-0.3, -0.25) is 15.0 Å². The van der Waals surface area contributed by atoms with E-state index in [9.17, 15) is 14.0 Å². The van der Waals surface area contributed by atoms with Crippen LogP contribution in [0, 0.1) is 5.82 Å². The summed E-state index contributed by atoms with van der Waals surface area (Å²) in [6.45, 7) is 0.00423. The molecule has 31 heavy (non-hydrogen) atoms. The van der Waals surface area contributed by atoms with Crippen molar-refractivity contribution in [1.82, 2.24) is 5.43 Å². The summed E-state index contributed by atoms with van der Waals surface area (Å²) in [6.07, 6.45) is 1.48. The van der Waals surface area contributed by atoms with Crippen LogP contribution < -0.4 is 19.9 Å². The van der Waals surface area contributed by atoms with Gasteiger partial charge in [-0.15, -0.1) is 0 Å². The summed E-state index contributed by atoms with van der Waals surface area (Å²) in [5.74, 6) is -0.509. The van der Waals surface area contributed by atoms with Crippen molar-refractivity contribution in [1.29, 1.82) is 0 Å². The van der Waals surface area contributed by atoms with Crippen molar-refractivity contribution in [2.24, 2.45) is 0 Å². The number of para-hydroxylation sites is 1. The number of amides is 2. The van der Waals surface area contributed by atoms with Gasteiger partial charge in [0.15, 0.2) is 11.5 Å². The molecule has 7 heteroatoms. The van der Waals surface area contributed by atoms with Gasteiger partial charge < -0.3 is 9.47 Å². The molecule has 3 aromatic rings. The minimum absolute atomic E-state index is 0.00423. The lowest BCUT2D eigenvalue weighted by Gasteiger charge is -2.14. The number of ether oxygens (including phenoxy) is 2. The number of nitrogens with one attached hydrogen (secondary N) is 1. The van der Waals surface area contributed by atoms with E-state index in [0.717, 1.165) is 0 Å². The van der Waals surface area contributed by atoms with Gasteiger partial charge >= 0.3 is 0 Å². The van der Waals surface area contributed by atoms with Crippen molar-refractivity contribution < 1.29 is 23.5 Å². The fraction of sp³-hybridized carbons (Fsp3) is 0.0833. The third-order valence-electron chi connectivity index (χ3n) is 4.75. The second-order valence-corrected chi connectivity index (χ2v) is 6.77. The van der Waals surface area contributed by atoms with Crippen LogP contribution >= 0.6 is 0 Å². The summed E-state index contributed by atoms with van der Waals surface area (Å²) in [5, 5.41) is 1.20. The van der Waals surface area contributed by atoms with Gasteiger partial charge in [0, 0.05) is 5.56 Å². The quantitative estimate of drug-likeness (QED) is 0.487. The van der Waals surface area contributed by atoms with E-state index in [4.69, 9.17) is 9.47 Å². The second kappa shape index (κ2) is 8.71. The maximum Gasteiger partial charge on any atom is 0.282 e. The predicted octanol–water partition coefficient (Wildman–Crippen LogP) is 3.87. The number of methoxy groups -OCH3 is 1. The predicted molar refractivity (Wildman–Crippen MR) is 114 cm³/mol. The van der Waals surface area contributed by atoms with Crippen LogP contribution in [0.2, 0.25) is 0 Å². The highest BCUT2D eigenvalue weighted by Gasteiger charge is 2.34. The smallest absolute Gasteiger partial charge is 0.282 e. The Morgan fingerprint density at radius 2 is 1.71 bits per heavy atom. The van der Waals surface area contributed by atoms with E-state index >= 15 is 0 Å². The van der Waals surface area contributed by atoms with E-state index in [1.54, 1.807) is 60.7 Å². The molecule has 0 bridgehead atoms. The minimum Gasteiger partial charge on any atom is -0.493 e. The average Bonchev–Trinajstić information content (AvgIpc) is 3.07. The van der Waals surface area contributed by atoms with Crippen molar-refractivity contribution >= 4 is 23.6 Å². The number of hydrogen-bond acceptors (Lipinski definition) is 4. The molecule has 0 spiro atoms. The summed E-state index contributed by atoms with van der Waals surface area (Å²) in [5.41, 5.74) is 4.08. The number of benzene rings is 3. The molecule has 0 aliphatic carbocycles. The number of hydrogen-bond donors (Lipinski definition) is 1. The summed E-state index contributed by atoms with van der Waals surface area (Å²) < 4.78 is 24.9. The lowest BCUT2D eigenvalue weighted by molar-refractivity contribution is -0.117. The molecule has 1 heterocycles. The van der Waals surface area contributed by atoms with E-state index in [-0.39, 0.29) is 18.0 Å². The van der Waals surface area contributed by atoms with Crippen LogP contribution in [0.3, 0.4) is 0 Å². The van der Waals surface area contributed by atoms with E-state index in [1.807, 2.05) is 6.07 Å². The van der Waals surface area contributed by atoms with E-state index in [0.29, 0.717) is 28.3 Å². The molecule has 4 rings (SSSR count). The molecule has 0 radical (unpaired) electrons. The molecule has 0 saturated carbocycles. The summed E-state index contributed by atoms with van der Waals surface area (Å²) in [6, 6.07) is 20.2. The van der Waals surface area contributed by atoms with Gasteiger partial charge in [0.05, 0.1) is 12.8 Å². The SMILES string of the molecule is COc1ccc(/C=C2\C(=O)NN(c3ccccc3)C2=O)cc1OCc1ccccc1F. The van der Waals surface area contributed by atoms with Gasteiger partial charge in [0.1, 0.15) is 18.0 Å². The fourth-order valence-corrected chi connectivity index (χ4v) is 3.15. The Labute approximate surface area is 178 Å². The molecule has 1 saturated heterocycles. The van der Waals surface area contributed by atoms with E-state index in [1.165, 1.54) is 24.3 Å². The lowest BCUT2D eigenvalue weighted by Crippen LogP contribution is -2.35. The molecular formula is C24H19FN2O4. The highest BCUT2D eigenvalue weighted by Crippen LogP contribution is 2.30. The van der Waals surface area contributed by atoms with Crippen LogP contribution in [-0.2, 0) is 16.2 Å². The molecule has 6 nitrogen and oxygen atoms in total. The molecule has 1 aliphatic rings. The Balaban J connectivity index is 1.59. The van der Waals surface area contributed by atoms with Gasteiger partial charge in [-0.2, -0.15) is 0 Å². The topological polar surface area (TPSA) is 67.9 Å². The number of rotatable bonds is 6. The second-order valence-electron chi connectivity index (χ2n) is 6.77. The number of hydrazine groups is 1. The van der Waals surface area contributed by atoms with Crippen LogP contribution in [0.15, 0.2) is 78.4 Å². The van der Waals surface area contributed by atoms with Crippen LogP contribution in [0.5, 0.6) is 11.5 Å². The molecular weight excluding hydrogens is 399 g/mol. The summed E-state index contributed by atoms with van der Waals surface area (Å²) in [4.78, 5) is 25.1. The molecule has 1 N–H and O–H groups in total. The maximum absolute atomic E-state index is 13.9. The Bertz CT molecular complexity index is 1160. The largest absolute Gasteiger partial charge is 0.493 e. The Morgan fingerprint density at radius 3 is 2.45 bits per heavy atom. The van der Waals surface area contributed by atoms with Gasteiger partial charge in [0.25, 0.3) is 11.8 Å². The third kappa shape index (κ3) is 4.25. The summed E-state index contributed by atoms with van der Waals surface area (Å²) in [7, 11) is 1.50. The zero-order chi connectivity index (χ0) is 21.8. The standard InChI is InChI=1S/C24H19FN2O4/c1-30-21-12-11-16(14-22(21)31-15-17-7-5-6-10-20(17)25)13-19-23(28)26-27(24(19)29)18-8-3-2-4-9-18/h2-14H,15H2,1H3,(H,26,28)/b19-13+. The number of halogens is 1. The van der Waals surface area contributed by atoms with Crippen LogP contribution in [0.1, 0.15) is 11.1 Å². The molecule has 156 valence electrons. The Hall–Kier alpha value is -4.13. The summed E-state index contributed by atoms with van der Waals surface area (Å²) >= 11 is 0. The molecule has 0 unspecified atom stereocenters. The van der Waals surface area contributed by atoms with Crippen molar-refractivity contribution in [2.75, 3.05) is 12.1 Å². The van der Waals surface area contributed by atoms with Crippen LogP contribution in [0.4, 0.5) is 10.1 Å². The van der Waals surface area contributed by atoms with E-state index in [2.05, 4.69) is 5.43 Å². The first-order valence-corrected chi connectivity index (χ1v) is 9.53. The highest BCUT2D eigenvalue weighted by molar-refractivity contribution is 6.31. The zero-order valence-corrected chi connectivity index (χ0v) is 16.7. The van der Waals surface area contributed by atoms with Crippen molar-refractivity contribution in [3.05, 3.63) is 95.3 Å². The molecule has 0 atom stereocenters. The fourth-order valence-electron chi connectivity index (χ4n) is 3.15. The molecule has 1 fully saturated rings. The Morgan fingerprint density at radius 1 is 0.968 bits per heavy atom. The van der Waals surface area contributed by atoms with Crippen molar-refractivity contribution in [3.8, 4) is 11.5 Å². The lowest BCUT2D eigenvalue weighted by atomic mass is 10.1. The number of nitrogens with zero attached hydrogens (tertiary/aromatic N) is 1.